The van der Waals surface area contributed by atoms with Crippen LogP contribution in [0.4, 0.5) is 5.69 Å². The van der Waals surface area contributed by atoms with E-state index in [-0.39, 0.29) is 24.0 Å². The maximum absolute atomic E-state index is 5.73. The summed E-state index contributed by atoms with van der Waals surface area (Å²) in [4.78, 5) is 13.9. The van der Waals surface area contributed by atoms with Gasteiger partial charge in [0.05, 0.1) is 13.2 Å². The van der Waals surface area contributed by atoms with Gasteiger partial charge in [0, 0.05) is 57.3 Å². The first-order chi connectivity index (χ1) is 14.3. The molecule has 1 fully saturated rings. The maximum atomic E-state index is 5.73. The molecule has 0 spiro atoms. The molecule has 30 heavy (non-hydrogen) atoms. The van der Waals surface area contributed by atoms with Crippen LogP contribution >= 0.6 is 24.0 Å². The number of para-hydroxylation sites is 1. The Balaban J connectivity index is 0.00000320. The van der Waals surface area contributed by atoms with Crippen molar-refractivity contribution in [3.8, 4) is 5.88 Å². The van der Waals surface area contributed by atoms with Crippen LogP contribution in [-0.2, 0) is 11.3 Å². The Kier molecular flexibility index (Phi) is 10.7. The molecule has 0 bridgehead atoms. The van der Waals surface area contributed by atoms with Crippen molar-refractivity contribution < 1.29 is 9.47 Å². The highest BCUT2D eigenvalue weighted by atomic mass is 127. The van der Waals surface area contributed by atoms with Crippen molar-refractivity contribution in [1.82, 2.24) is 15.2 Å². The second-order valence-electron chi connectivity index (χ2n) is 6.79. The van der Waals surface area contributed by atoms with Gasteiger partial charge in [0.25, 0.3) is 0 Å². The van der Waals surface area contributed by atoms with E-state index < -0.39 is 0 Å². The molecule has 1 N–H and O–H groups in total. The maximum Gasteiger partial charge on any atom is 0.218 e. The van der Waals surface area contributed by atoms with Gasteiger partial charge in [0.15, 0.2) is 5.96 Å². The summed E-state index contributed by atoms with van der Waals surface area (Å²) in [5, 5.41) is 3.43. The molecule has 0 atom stereocenters. The number of hydrogen-bond donors (Lipinski definition) is 1. The molecule has 0 saturated carbocycles. The van der Waals surface area contributed by atoms with E-state index in [4.69, 9.17) is 14.5 Å². The highest BCUT2D eigenvalue weighted by molar-refractivity contribution is 14.0. The van der Waals surface area contributed by atoms with Crippen LogP contribution in [-0.4, -0.2) is 68.9 Å². The van der Waals surface area contributed by atoms with Crippen molar-refractivity contribution in [2.45, 2.75) is 13.5 Å². The van der Waals surface area contributed by atoms with E-state index in [0.717, 1.165) is 44.2 Å². The predicted octanol–water partition coefficient (Wildman–Crippen LogP) is 3.01. The van der Waals surface area contributed by atoms with Gasteiger partial charge in [-0.15, -0.1) is 24.0 Å². The van der Waals surface area contributed by atoms with Gasteiger partial charge in [-0.1, -0.05) is 24.3 Å². The third kappa shape index (κ3) is 7.02. The number of aromatic nitrogens is 1. The normalized spacial score (nSPS) is 14.3. The topological polar surface area (TPSA) is 62.2 Å². The molecule has 7 nitrogen and oxygen atoms in total. The van der Waals surface area contributed by atoms with Gasteiger partial charge in [0.1, 0.15) is 6.61 Å². The van der Waals surface area contributed by atoms with Gasteiger partial charge in [-0.05, 0) is 25.1 Å². The number of benzene rings is 1. The average Bonchev–Trinajstić information content (AvgIpc) is 2.78. The minimum Gasteiger partial charge on any atom is -0.475 e. The lowest BCUT2D eigenvalue weighted by Crippen LogP contribution is -2.52. The van der Waals surface area contributed by atoms with E-state index in [2.05, 4.69) is 57.4 Å². The molecule has 2 heterocycles. The monoisotopic (exact) mass is 525 g/mol. The zero-order valence-corrected chi connectivity index (χ0v) is 20.1. The van der Waals surface area contributed by atoms with Gasteiger partial charge in [0.2, 0.25) is 5.88 Å². The summed E-state index contributed by atoms with van der Waals surface area (Å²) < 4.78 is 10.8. The number of nitrogens with one attached hydrogen (secondary N) is 1. The first-order valence-corrected chi connectivity index (χ1v) is 10.2. The lowest BCUT2D eigenvalue weighted by molar-refractivity contribution is 0.143. The molecule has 2 aromatic rings. The van der Waals surface area contributed by atoms with Crippen LogP contribution in [0.5, 0.6) is 5.88 Å². The van der Waals surface area contributed by atoms with Crippen LogP contribution in [0.3, 0.4) is 0 Å². The number of pyridine rings is 1. The number of methoxy groups -OCH3 is 1. The third-order valence-corrected chi connectivity index (χ3v) is 4.81. The molecule has 1 saturated heterocycles. The second-order valence-corrected chi connectivity index (χ2v) is 6.79. The van der Waals surface area contributed by atoms with Gasteiger partial charge in [-0.3, -0.25) is 0 Å². The lowest BCUT2D eigenvalue weighted by Gasteiger charge is -2.37. The molecule has 0 radical (unpaired) electrons. The van der Waals surface area contributed by atoms with E-state index >= 15 is 0 Å². The van der Waals surface area contributed by atoms with E-state index in [1.54, 1.807) is 13.3 Å². The molecule has 1 aliphatic rings. The number of nitrogens with zero attached hydrogens (tertiary/aromatic N) is 4. The van der Waals surface area contributed by atoms with Crippen LogP contribution in [0.1, 0.15) is 12.5 Å². The molecular formula is C22H32IN5O2. The Morgan fingerprint density at radius 1 is 1.07 bits per heavy atom. The summed E-state index contributed by atoms with van der Waals surface area (Å²) in [6.45, 7) is 8.30. The second kappa shape index (κ2) is 13.3. The number of piperazine rings is 1. The Hall–Kier alpha value is -2.07. The Morgan fingerprint density at radius 3 is 2.53 bits per heavy atom. The zero-order chi connectivity index (χ0) is 20.3. The van der Waals surface area contributed by atoms with Crippen LogP contribution in [0.15, 0.2) is 53.7 Å². The molecular weight excluding hydrogens is 493 g/mol. The van der Waals surface area contributed by atoms with E-state index in [1.807, 2.05) is 12.1 Å². The standard InChI is InChI=1S/C22H31N5O2.HI/c1-3-23-22(25-18-19-8-7-11-24-21(19)29-17-16-28-2)27-14-12-26(13-15-27)20-9-5-4-6-10-20;/h4-11H,3,12-18H2,1-2H3,(H,23,25);1H. The van der Waals surface area contributed by atoms with Gasteiger partial charge in [-0.2, -0.15) is 0 Å². The number of hydrogen-bond acceptors (Lipinski definition) is 5. The summed E-state index contributed by atoms with van der Waals surface area (Å²) in [7, 11) is 1.66. The summed E-state index contributed by atoms with van der Waals surface area (Å²) >= 11 is 0. The van der Waals surface area contributed by atoms with Gasteiger partial charge < -0.3 is 24.6 Å². The molecule has 1 aromatic carbocycles. The molecule has 0 unspecified atom stereocenters. The number of anilines is 1. The Bertz CT molecular complexity index is 767. The van der Waals surface area contributed by atoms with Crippen LogP contribution < -0.4 is 15.0 Å². The molecule has 3 rings (SSSR count). The van der Waals surface area contributed by atoms with Crippen LogP contribution in [0.2, 0.25) is 0 Å². The molecule has 8 heteroatoms. The Labute approximate surface area is 196 Å². The number of guanidine groups is 1. The fraction of sp³-hybridized carbons (Fsp3) is 0.455. The number of halogens is 1. The van der Waals surface area contributed by atoms with Crippen molar-refractivity contribution in [2.24, 2.45) is 4.99 Å². The first kappa shape index (κ1) is 24.2. The summed E-state index contributed by atoms with van der Waals surface area (Å²) in [6, 6.07) is 14.5. The van der Waals surface area contributed by atoms with E-state index in [9.17, 15) is 0 Å². The SMILES string of the molecule is CCNC(=NCc1cccnc1OCCOC)N1CCN(c2ccccc2)CC1.I. The lowest BCUT2D eigenvalue weighted by atomic mass is 10.2. The van der Waals surface area contributed by atoms with Crippen LogP contribution in [0.25, 0.3) is 0 Å². The van der Waals surface area contributed by atoms with Crippen LogP contribution in [0, 0.1) is 0 Å². The smallest absolute Gasteiger partial charge is 0.218 e. The number of aliphatic imine (C=N–C) groups is 1. The van der Waals surface area contributed by atoms with Crippen molar-refractivity contribution >= 4 is 35.6 Å². The molecule has 1 aromatic heterocycles. The summed E-state index contributed by atoms with van der Waals surface area (Å²) in [5.74, 6) is 1.56. The number of rotatable bonds is 8. The van der Waals surface area contributed by atoms with E-state index in [0.29, 0.717) is 25.6 Å². The summed E-state index contributed by atoms with van der Waals surface area (Å²) in [5.41, 5.74) is 2.25. The quantitative estimate of drug-likeness (QED) is 0.248. The van der Waals surface area contributed by atoms with Gasteiger partial charge in [-0.25, -0.2) is 9.98 Å². The summed E-state index contributed by atoms with van der Waals surface area (Å²) in [6.07, 6.45) is 1.74. The molecule has 1 aliphatic heterocycles. The third-order valence-electron chi connectivity index (χ3n) is 4.81. The first-order valence-electron chi connectivity index (χ1n) is 10.2. The largest absolute Gasteiger partial charge is 0.475 e. The molecule has 164 valence electrons. The fourth-order valence-corrected chi connectivity index (χ4v) is 3.30. The minimum atomic E-state index is 0. The zero-order valence-electron chi connectivity index (χ0n) is 17.8. The van der Waals surface area contributed by atoms with Crippen molar-refractivity contribution in [3.05, 3.63) is 54.2 Å². The molecule has 0 amide bonds. The molecule has 0 aliphatic carbocycles. The van der Waals surface area contributed by atoms with E-state index in [1.165, 1.54) is 5.69 Å². The number of ether oxygens (including phenoxy) is 2. The average molecular weight is 525 g/mol. The van der Waals surface area contributed by atoms with Crippen molar-refractivity contribution in [1.29, 1.82) is 0 Å². The highest BCUT2D eigenvalue weighted by Crippen LogP contribution is 2.17. The predicted molar refractivity (Wildman–Crippen MR) is 132 cm³/mol. The van der Waals surface area contributed by atoms with Gasteiger partial charge >= 0.3 is 0 Å². The Morgan fingerprint density at radius 2 is 1.83 bits per heavy atom. The van der Waals surface area contributed by atoms with Crippen molar-refractivity contribution in [3.63, 3.8) is 0 Å². The highest BCUT2D eigenvalue weighted by Gasteiger charge is 2.19. The fourth-order valence-electron chi connectivity index (χ4n) is 3.30. The minimum absolute atomic E-state index is 0. The van der Waals surface area contributed by atoms with Crippen molar-refractivity contribution in [2.75, 3.05) is 57.9 Å².